The Hall–Kier alpha value is -4.00. The van der Waals surface area contributed by atoms with Crippen molar-refractivity contribution in [3.63, 3.8) is 0 Å². The number of alkyl halides is 1. The molecule has 3 aromatic heterocycles. The number of hydrogen-bond acceptors (Lipinski definition) is 8. The number of ether oxygens (including phenoxy) is 1. The molecule has 0 aliphatic heterocycles. The number of aliphatic hydroxyl groups excluding tert-OH is 1. The molecular weight excluding hydrogens is 509 g/mol. The number of nitrogens with one attached hydrogen (secondary N) is 2. The highest BCUT2D eigenvalue weighted by atomic mass is 19.1. The van der Waals surface area contributed by atoms with Gasteiger partial charge >= 0.3 is 6.09 Å². The molecule has 0 radical (unpaired) electrons. The van der Waals surface area contributed by atoms with Gasteiger partial charge in [0.1, 0.15) is 34.7 Å². The minimum Gasteiger partial charge on any atom is -0.443 e. The third-order valence-corrected chi connectivity index (χ3v) is 6.95. The van der Waals surface area contributed by atoms with Crippen molar-refractivity contribution < 1.29 is 23.8 Å². The maximum Gasteiger partial charge on any atom is 0.415 e. The molecule has 39 heavy (non-hydrogen) atoms. The van der Waals surface area contributed by atoms with Gasteiger partial charge in [0.2, 0.25) is 0 Å². The summed E-state index contributed by atoms with van der Waals surface area (Å²) in [6.07, 6.45) is 2.59. The molecule has 0 saturated heterocycles. The average Bonchev–Trinajstić information content (AvgIpc) is 3.28. The lowest BCUT2D eigenvalue weighted by molar-refractivity contribution is 0.0448. The number of nitrogens with zero attached hydrogens (tertiary/aromatic N) is 5. The van der Waals surface area contributed by atoms with Gasteiger partial charge in [0.25, 0.3) is 11.5 Å². The van der Waals surface area contributed by atoms with Crippen molar-refractivity contribution in [3.8, 4) is 0 Å². The summed E-state index contributed by atoms with van der Waals surface area (Å²) in [5, 5.41) is 20.0. The van der Waals surface area contributed by atoms with E-state index in [9.17, 15) is 23.9 Å². The fourth-order valence-electron chi connectivity index (χ4n) is 4.51. The van der Waals surface area contributed by atoms with E-state index in [0.29, 0.717) is 12.8 Å². The Labute approximate surface area is 223 Å². The summed E-state index contributed by atoms with van der Waals surface area (Å²) in [5.74, 6) is -0.0648. The maximum absolute atomic E-state index is 13.4. The van der Waals surface area contributed by atoms with Gasteiger partial charge in [-0.05, 0) is 58.6 Å². The zero-order chi connectivity index (χ0) is 28.1. The predicted molar refractivity (Wildman–Crippen MR) is 141 cm³/mol. The monoisotopic (exact) mass is 541 g/mol. The van der Waals surface area contributed by atoms with Crippen molar-refractivity contribution in [2.75, 3.05) is 17.3 Å². The van der Waals surface area contributed by atoms with Crippen molar-refractivity contribution >= 4 is 35.0 Å². The van der Waals surface area contributed by atoms with E-state index in [1.165, 1.54) is 33.3 Å². The fraction of sp³-hybridized carbons (Fsp3) is 0.500. The Morgan fingerprint density at radius 3 is 2.62 bits per heavy atom. The molecule has 208 valence electrons. The summed E-state index contributed by atoms with van der Waals surface area (Å²) >= 11 is 0. The van der Waals surface area contributed by atoms with Crippen LogP contribution in [0.25, 0.3) is 5.65 Å². The van der Waals surface area contributed by atoms with Gasteiger partial charge in [-0.3, -0.25) is 14.5 Å². The van der Waals surface area contributed by atoms with Crippen molar-refractivity contribution in [1.82, 2.24) is 24.5 Å². The number of halogens is 1. The van der Waals surface area contributed by atoms with Gasteiger partial charge in [-0.15, -0.1) is 0 Å². The standard InChI is InChI=1S/C26H32FN7O5/c1-26(2,3)39-25(38)32(4)21-12-20(29-18-6-5-9-33(24(18)37)15-10-14(27)11-15)31-22-16(13-28-34(21)22)23(36)30-17-7-8-19(17)35/h5-6,9,12-15,17,19,35H,7-8,10-11H2,1-4H3,(H,29,31)(H,30,36)/t14?,15?,17?,19-/m0/s1. The van der Waals surface area contributed by atoms with Crippen molar-refractivity contribution in [2.45, 2.75) is 76.4 Å². The first-order valence-electron chi connectivity index (χ1n) is 12.9. The second-order valence-electron chi connectivity index (χ2n) is 11.0. The molecule has 3 heterocycles. The number of anilines is 3. The Morgan fingerprint density at radius 2 is 2.00 bits per heavy atom. The smallest absolute Gasteiger partial charge is 0.415 e. The first-order valence-corrected chi connectivity index (χ1v) is 12.9. The molecule has 2 fully saturated rings. The Balaban J connectivity index is 1.53. The van der Waals surface area contributed by atoms with Crippen LogP contribution in [0.15, 0.2) is 35.4 Å². The van der Waals surface area contributed by atoms with E-state index >= 15 is 0 Å². The number of fused-ring (bicyclic) bond motifs is 1. The van der Waals surface area contributed by atoms with Gasteiger partial charge < -0.3 is 25.0 Å². The number of amides is 2. The van der Waals surface area contributed by atoms with Crippen LogP contribution in [0.5, 0.6) is 0 Å². The molecule has 12 nitrogen and oxygen atoms in total. The van der Waals surface area contributed by atoms with Crippen LogP contribution in [0, 0.1) is 0 Å². The van der Waals surface area contributed by atoms with Crippen molar-refractivity contribution in [3.05, 3.63) is 46.5 Å². The summed E-state index contributed by atoms with van der Waals surface area (Å²) in [7, 11) is 1.50. The van der Waals surface area contributed by atoms with E-state index < -0.39 is 29.9 Å². The molecule has 5 rings (SSSR count). The molecule has 3 aromatic rings. The summed E-state index contributed by atoms with van der Waals surface area (Å²) in [5.41, 5.74) is -0.640. The summed E-state index contributed by atoms with van der Waals surface area (Å²) in [6.45, 7) is 5.23. The number of aliphatic hydroxyl groups is 1. The van der Waals surface area contributed by atoms with Gasteiger partial charge in [0.15, 0.2) is 5.65 Å². The van der Waals surface area contributed by atoms with Crippen LogP contribution in [0.3, 0.4) is 0 Å². The number of hydrogen-bond donors (Lipinski definition) is 3. The zero-order valence-corrected chi connectivity index (χ0v) is 22.2. The molecule has 2 aliphatic carbocycles. The minimum atomic E-state index is -0.916. The van der Waals surface area contributed by atoms with E-state index in [0.717, 1.165) is 0 Å². The van der Waals surface area contributed by atoms with Gasteiger partial charge in [-0.2, -0.15) is 9.61 Å². The third kappa shape index (κ3) is 5.31. The topological polar surface area (TPSA) is 143 Å². The Bertz CT molecular complexity index is 1470. The van der Waals surface area contributed by atoms with Crippen LogP contribution in [0.4, 0.5) is 26.5 Å². The summed E-state index contributed by atoms with van der Waals surface area (Å²) < 4.78 is 21.8. The quantitative estimate of drug-likeness (QED) is 0.432. The molecule has 13 heteroatoms. The average molecular weight is 542 g/mol. The maximum atomic E-state index is 13.4. The first-order chi connectivity index (χ1) is 18.4. The number of rotatable bonds is 6. The fourth-order valence-corrected chi connectivity index (χ4v) is 4.51. The third-order valence-electron chi connectivity index (χ3n) is 6.95. The van der Waals surface area contributed by atoms with Crippen LogP contribution in [-0.4, -0.2) is 67.2 Å². The van der Waals surface area contributed by atoms with Crippen molar-refractivity contribution in [1.29, 1.82) is 0 Å². The van der Waals surface area contributed by atoms with Crippen LogP contribution >= 0.6 is 0 Å². The number of carbonyl (C=O) groups is 2. The minimum absolute atomic E-state index is 0.130. The largest absolute Gasteiger partial charge is 0.443 e. The van der Waals surface area contributed by atoms with E-state index in [2.05, 4.69) is 20.7 Å². The lowest BCUT2D eigenvalue weighted by Crippen LogP contribution is -2.50. The summed E-state index contributed by atoms with van der Waals surface area (Å²) in [6, 6.07) is 4.19. The van der Waals surface area contributed by atoms with Crippen molar-refractivity contribution in [2.24, 2.45) is 0 Å². The highest BCUT2D eigenvalue weighted by Crippen LogP contribution is 2.34. The summed E-state index contributed by atoms with van der Waals surface area (Å²) in [4.78, 5) is 44.9. The van der Waals surface area contributed by atoms with Gasteiger partial charge in [0.05, 0.1) is 18.3 Å². The van der Waals surface area contributed by atoms with Gasteiger partial charge in [-0.25, -0.2) is 14.2 Å². The molecule has 0 bridgehead atoms. The van der Waals surface area contributed by atoms with Crippen LogP contribution < -0.4 is 21.1 Å². The second-order valence-corrected chi connectivity index (χ2v) is 11.0. The number of aromatic nitrogens is 4. The highest BCUT2D eigenvalue weighted by molar-refractivity contribution is 6.00. The Morgan fingerprint density at radius 1 is 1.26 bits per heavy atom. The lowest BCUT2D eigenvalue weighted by Gasteiger charge is -2.32. The van der Waals surface area contributed by atoms with Crippen LogP contribution in [0.2, 0.25) is 0 Å². The number of pyridine rings is 1. The molecule has 2 aliphatic rings. The Kier molecular flexibility index (Phi) is 6.79. The van der Waals surface area contributed by atoms with E-state index in [1.54, 1.807) is 39.1 Å². The van der Waals surface area contributed by atoms with E-state index in [4.69, 9.17) is 4.74 Å². The molecule has 0 aromatic carbocycles. The van der Waals surface area contributed by atoms with Crippen LogP contribution in [-0.2, 0) is 4.74 Å². The van der Waals surface area contributed by atoms with E-state index in [1.807, 2.05) is 0 Å². The lowest BCUT2D eigenvalue weighted by atomic mass is 9.89. The molecular formula is C26H32FN7O5. The number of carbonyl (C=O) groups excluding carboxylic acids is 2. The van der Waals surface area contributed by atoms with Gasteiger partial charge in [0, 0.05) is 25.4 Å². The highest BCUT2D eigenvalue weighted by Gasteiger charge is 2.33. The van der Waals surface area contributed by atoms with Crippen LogP contribution in [0.1, 0.15) is 62.9 Å². The molecule has 3 N–H and O–H groups in total. The second kappa shape index (κ2) is 9.95. The molecule has 2 amide bonds. The van der Waals surface area contributed by atoms with E-state index in [-0.39, 0.29) is 59.0 Å². The first kappa shape index (κ1) is 26.6. The molecule has 2 saturated carbocycles. The normalized spacial score (nSPS) is 22.5. The molecule has 2 atom stereocenters. The molecule has 1 unspecified atom stereocenters. The predicted octanol–water partition coefficient (Wildman–Crippen LogP) is 2.93. The van der Waals surface area contributed by atoms with Gasteiger partial charge in [-0.1, -0.05) is 0 Å². The molecule has 0 spiro atoms. The zero-order valence-electron chi connectivity index (χ0n) is 22.2. The SMILES string of the molecule is CN(C(=O)OC(C)(C)C)c1cc(Nc2cccn(C3CC(F)C3)c2=O)nc2c(C(=O)NC3CC[C@@H]3O)cnn12.